The third-order valence-corrected chi connectivity index (χ3v) is 2.26. The van der Waals surface area contributed by atoms with Crippen molar-refractivity contribution in [3.63, 3.8) is 0 Å². The van der Waals surface area contributed by atoms with Gasteiger partial charge in [-0.15, -0.1) is 12.3 Å². The molecule has 0 unspecified atom stereocenters. The fourth-order valence-electron chi connectivity index (χ4n) is 1.35. The van der Waals surface area contributed by atoms with Crippen molar-refractivity contribution < 1.29 is 0 Å². The summed E-state index contributed by atoms with van der Waals surface area (Å²) in [5.74, 6) is 4.37. The fraction of sp³-hybridized carbons (Fsp3) is 0.833. The monoisotopic (exact) mass is 166 g/mol. The van der Waals surface area contributed by atoms with Crippen molar-refractivity contribution >= 4 is 0 Å². The van der Waals surface area contributed by atoms with Gasteiger partial charge in [0.1, 0.15) is 0 Å². The molecular weight excluding hydrogens is 144 g/mol. The largest absolute Gasteiger partial charge is 0.120 e. The topological polar surface area (TPSA) is 0 Å². The first-order chi connectivity index (χ1) is 5.66. The molecule has 0 radical (unpaired) electrons. The van der Waals surface area contributed by atoms with Crippen LogP contribution in [0.4, 0.5) is 0 Å². The first-order valence-corrected chi connectivity index (χ1v) is 5.10. The average Bonchev–Trinajstić information content (AvgIpc) is 2.00. The summed E-state index contributed by atoms with van der Waals surface area (Å²) in [7, 11) is 0. The Balaban J connectivity index is 3.20. The molecule has 0 aromatic heterocycles. The molecule has 0 fully saturated rings. The number of hydrogen-bond donors (Lipinski definition) is 0. The Bertz CT molecular complexity index is 127. The summed E-state index contributed by atoms with van der Waals surface area (Å²) in [6, 6.07) is 0. The smallest absolute Gasteiger partial charge is 0.00885 e. The third kappa shape index (κ3) is 7.66. The Morgan fingerprint density at radius 3 is 2.25 bits per heavy atom. The van der Waals surface area contributed by atoms with Crippen LogP contribution < -0.4 is 0 Å². The van der Waals surface area contributed by atoms with Crippen LogP contribution in [0.2, 0.25) is 0 Å². The van der Waals surface area contributed by atoms with E-state index in [0.717, 1.165) is 18.3 Å². The highest BCUT2D eigenvalue weighted by atomic mass is 14.1. The second-order valence-electron chi connectivity index (χ2n) is 4.17. The first kappa shape index (κ1) is 11.6. The summed E-state index contributed by atoms with van der Waals surface area (Å²) < 4.78 is 0. The van der Waals surface area contributed by atoms with Crippen molar-refractivity contribution in [1.82, 2.24) is 0 Å². The zero-order valence-electron chi connectivity index (χ0n) is 8.77. The Hall–Kier alpha value is -0.440. The van der Waals surface area contributed by atoms with E-state index in [4.69, 9.17) is 6.42 Å². The molecule has 0 saturated carbocycles. The quantitative estimate of drug-likeness (QED) is 0.526. The van der Waals surface area contributed by atoms with Crippen LogP contribution in [0.15, 0.2) is 0 Å². The van der Waals surface area contributed by atoms with Gasteiger partial charge >= 0.3 is 0 Å². The van der Waals surface area contributed by atoms with E-state index >= 15 is 0 Å². The number of rotatable bonds is 6. The van der Waals surface area contributed by atoms with Gasteiger partial charge in [0.15, 0.2) is 0 Å². The van der Waals surface area contributed by atoms with E-state index in [1.165, 1.54) is 25.7 Å². The second-order valence-corrected chi connectivity index (χ2v) is 4.17. The molecule has 0 aliphatic rings. The molecule has 0 aromatic carbocycles. The summed E-state index contributed by atoms with van der Waals surface area (Å²) in [5.41, 5.74) is 0. The molecule has 0 saturated heterocycles. The van der Waals surface area contributed by atoms with Gasteiger partial charge in [-0.25, -0.2) is 0 Å². The standard InChI is InChI=1S/C12H22/c1-5-6-9-12(4)10-7-8-11(2)3/h1,11-12H,6-10H2,2-4H3/t12-/m1/s1. The van der Waals surface area contributed by atoms with Gasteiger partial charge < -0.3 is 0 Å². The SMILES string of the molecule is C#CCC[C@@H](C)CCCC(C)C. The van der Waals surface area contributed by atoms with Gasteiger partial charge in [0.25, 0.3) is 0 Å². The van der Waals surface area contributed by atoms with Crippen LogP contribution in [0, 0.1) is 24.2 Å². The van der Waals surface area contributed by atoms with Gasteiger partial charge in [-0.2, -0.15) is 0 Å². The molecule has 0 aromatic rings. The van der Waals surface area contributed by atoms with Crippen LogP contribution in [0.25, 0.3) is 0 Å². The van der Waals surface area contributed by atoms with Crippen molar-refractivity contribution in [2.45, 2.75) is 52.9 Å². The lowest BCUT2D eigenvalue weighted by molar-refractivity contribution is 0.441. The highest BCUT2D eigenvalue weighted by molar-refractivity contribution is 4.83. The average molecular weight is 166 g/mol. The molecule has 0 nitrogen and oxygen atoms in total. The van der Waals surface area contributed by atoms with E-state index < -0.39 is 0 Å². The molecule has 0 heteroatoms. The van der Waals surface area contributed by atoms with Crippen molar-refractivity contribution in [3.8, 4) is 12.3 Å². The zero-order valence-corrected chi connectivity index (χ0v) is 8.77. The van der Waals surface area contributed by atoms with Gasteiger partial charge in [-0.05, 0) is 18.3 Å². The van der Waals surface area contributed by atoms with Gasteiger partial charge in [0.05, 0.1) is 0 Å². The maximum atomic E-state index is 5.20. The molecule has 0 aliphatic heterocycles. The summed E-state index contributed by atoms with van der Waals surface area (Å²) in [5, 5.41) is 0. The Kier molecular flexibility index (Phi) is 6.96. The zero-order chi connectivity index (χ0) is 9.40. The van der Waals surface area contributed by atoms with Crippen LogP contribution in [0.3, 0.4) is 0 Å². The summed E-state index contributed by atoms with van der Waals surface area (Å²) >= 11 is 0. The normalized spacial score (nSPS) is 12.9. The molecule has 0 rings (SSSR count). The molecule has 0 N–H and O–H groups in total. The maximum Gasteiger partial charge on any atom is 0.00885 e. The van der Waals surface area contributed by atoms with E-state index in [1.807, 2.05) is 0 Å². The molecule has 0 aliphatic carbocycles. The first-order valence-electron chi connectivity index (χ1n) is 5.10. The number of hydrogen-bond acceptors (Lipinski definition) is 0. The van der Waals surface area contributed by atoms with Crippen LogP contribution in [0.1, 0.15) is 52.9 Å². The van der Waals surface area contributed by atoms with E-state index in [-0.39, 0.29) is 0 Å². The Labute approximate surface area is 77.8 Å². The maximum absolute atomic E-state index is 5.20. The van der Waals surface area contributed by atoms with Crippen LogP contribution in [0.5, 0.6) is 0 Å². The van der Waals surface area contributed by atoms with Gasteiger partial charge in [-0.3, -0.25) is 0 Å². The minimum atomic E-state index is 0.819. The lowest BCUT2D eigenvalue weighted by Gasteiger charge is -2.10. The molecule has 0 amide bonds. The number of terminal acetylenes is 1. The van der Waals surface area contributed by atoms with E-state index in [9.17, 15) is 0 Å². The molecule has 0 heterocycles. The molecule has 0 spiro atoms. The minimum Gasteiger partial charge on any atom is -0.120 e. The van der Waals surface area contributed by atoms with Crippen LogP contribution >= 0.6 is 0 Å². The van der Waals surface area contributed by atoms with Crippen LogP contribution in [-0.4, -0.2) is 0 Å². The van der Waals surface area contributed by atoms with Crippen molar-refractivity contribution in [1.29, 1.82) is 0 Å². The lowest BCUT2D eigenvalue weighted by atomic mass is 9.96. The van der Waals surface area contributed by atoms with E-state index in [2.05, 4.69) is 26.7 Å². The van der Waals surface area contributed by atoms with Gasteiger partial charge in [0, 0.05) is 6.42 Å². The molecule has 70 valence electrons. The highest BCUT2D eigenvalue weighted by Gasteiger charge is 2.01. The second kappa shape index (κ2) is 7.22. The summed E-state index contributed by atoms with van der Waals surface area (Å²) in [6.45, 7) is 6.87. The molecule has 0 bridgehead atoms. The van der Waals surface area contributed by atoms with Crippen LogP contribution in [-0.2, 0) is 0 Å². The van der Waals surface area contributed by atoms with Gasteiger partial charge in [-0.1, -0.05) is 40.0 Å². The molecule has 1 atom stereocenters. The summed E-state index contributed by atoms with van der Waals surface area (Å²) in [6.07, 6.45) is 11.4. The van der Waals surface area contributed by atoms with E-state index in [0.29, 0.717) is 0 Å². The lowest BCUT2D eigenvalue weighted by Crippen LogP contribution is -1.96. The van der Waals surface area contributed by atoms with Crippen molar-refractivity contribution in [2.24, 2.45) is 11.8 Å². The predicted octanol–water partition coefficient (Wildman–Crippen LogP) is 3.86. The predicted molar refractivity (Wildman–Crippen MR) is 55.9 cm³/mol. The van der Waals surface area contributed by atoms with E-state index in [1.54, 1.807) is 0 Å². The highest BCUT2D eigenvalue weighted by Crippen LogP contribution is 2.15. The summed E-state index contributed by atoms with van der Waals surface area (Å²) in [4.78, 5) is 0. The van der Waals surface area contributed by atoms with Gasteiger partial charge in [0.2, 0.25) is 0 Å². The molecular formula is C12H22. The third-order valence-electron chi connectivity index (χ3n) is 2.26. The van der Waals surface area contributed by atoms with Crippen molar-refractivity contribution in [2.75, 3.05) is 0 Å². The molecule has 12 heavy (non-hydrogen) atoms. The Morgan fingerprint density at radius 2 is 1.75 bits per heavy atom. The minimum absolute atomic E-state index is 0.819. The van der Waals surface area contributed by atoms with Crippen molar-refractivity contribution in [3.05, 3.63) is 0 Å². The Morgan fingerprint density at radius 1 is 1.08 bits per heavy atom. The fourth-order valence-corrected chi connectivity index (χ4v) is 1.35.